The SMILES string of the molecule is O=C(/C=C/c1ccccc1)Nc1cc(C(=O)Nc2ccncc2)ccc1N1CC2CC(C1)c1cccc(=O)n1C2. The Balaban J connectivity index is 1.30. The molecule has 0 spiro atoms. The second-order valence-electron chi connectivity index (χ2n) is 10.3. The van der Waals surface area contributed by atoms with Gasteiger partial charge in [0.15, 0.2) is 0 Å². The fourth-order valence-electron chi connectivity index (χ4n) is 5.70. The van der Waals surface area contributed by atoms with Crippen LogP contribution in [0.15, 0.2) is 102 Å². The predicted octanol–water partition coefficient (Wildman–Crippen LogP) is 4.77. The van der Waals surface area contributed by atoms with Crippen LogP contribution in [0.1, 0.15) is 34.0 Å². The lowest BCUT2D eigenvalue weighted by atomic mass is 9.83. The Morgan fingerprint density at radius 3 is 2.52 bits per heavy atom. The van der Waals surface area contributed by atoms with Crippen molar-refractivity contribution in [1.82, 2.24) is 9.55 Å². The van der Waals surface area contributed by atoms with Crippen LogP contribution in [-0.4, -0.2) is 34.5 Å². The zero-order chi connectivity index (χ0) is 27.5. The molecule has 2 aliphatic heterocycles. The molecule has 0 saturated carbocycles. The number of hydrogen-bond acceptors (Lipinski definition) is 5. The smallest absolute Gasteiger partial charge is 0.255 e. The summed E-state index contributed by atoms with van der Waals surface area (Å²) in [6.07, 6.45) is 7.51. The lowest BCUT2D eigenvalue weighted by Gasteiger charge is -2.44. The number of amides is 2. The molecule has 2 aromatic carbocycles. The first-order valence-electron chi connectivity index (χ1n) is 13.4. The molecule has 4 heterocycles. The molecule has 0 radical (unpaired) electrons. The van der Waals surface area contributed by atoms with Crippen molar-refractivity contribution in [2.75, 3.05) is 28.6 Å². The second-order valence-corrected chi connectivity index (χ2v) is 10.3. The number of fused-ring (bicyclic) bond motifs is 4. The fraction of sp³-hybridized carbons (Fsp3) is 0.188. The number of nitrogens with zero attached hydrogens (tertiary/aromatic N) is 3. The highest BCUT2D eigenvalue weighted by Crippen LogP contribution is 2.39. The quantitative estimate of drug-likeness (QED) is 0.350. The van der Waals surface area contributed by atoms with Crippen molar-refractivity contribution in [2.45, 2.75) is 18.9 Å². The third-order valence-electron chi connectivity index (χ3n) is 7.50. The normalized spacial score (nSPS) is 17.8. The molecule has 2 unspecified atom stereocenters. The van der Waals surface area contributed by atoms with E-state index in [2.05, 4.69) is 20.5 Å². The van der Waals surface area contributed by atoms with E-state index >= 15 is 0 Å². The summed E-state index contributed by atoms with van der Waals surface area (Å²) in [5.74, 6) is -0.0528. The summed E-state index contributed by atoms with van der Waals surface area (Å²) in [6, 6.07) is 23.9. The zero-order valence-corrected chi connectivity index (χ0v) is 21.9. The van der Waals surface area contributed by atoms with E-state index < -0.39 is 0 Å². The molecule has 2 aromatic heterocycles. The first-order valence-corrected chi connectivity index (χ1v) is 13.4. The molecular formula is C32H29N5O3. The highest BCUT2D eigenvalue weighted by Gasteiger charge is 2.35. The fourth-order valence-corrected chi connectivity index (χ4v) is 5.70. The third-order valence-corrected chi connectivity index (χ3v) is 7.50. The molecule has 1 saturated heterocycles. The number of carbonyl (C=O) groups is 2. The van der Waals surface area contributed by atoms with Gasteiger partial charge in [0.25, 0.3) is 11.5 Å². The Morgan fingerprint density at radius 1 is 0.875 bits per heavy atom. The molecule has 2 atom stereocenters. The highest BCUT2D eigenvalue weighted by molar-refractivity contribution is 6.08. The Kier molecular flexibility index (Phi) is 6.97. The summed E-state index contributed by atoms with van der Waals surface area (Å²) < 4.78 is 1.90. The van der Waals surface area contributed by atoms with Crippen LogP contribution >= 0.6 is 0 Å². The van der Waals surface area contributed by atoms with Gasteiger partial charge in [-0.25, -0.2) is 0 Å². The van der Waals surface area contributed by atoms with Gasteiger partial charge in [0.05, 0.1) is 11.4 Å². The van der Waals surface area contributed by atoms with Gasteiger partial charge in [0.2, 0.25) is 5.91 Å². The van der Waals surface area contributed by atoms with Gasteiger partial charge in [-0.15, -0.1) is 0 Å². The summed E-state index contributed by atoms with van der Waals surface area (Å²) >= 11 is 0. The second kappa shape index (κ2) is 11.0. The number of aromatic nitrogens is 2. The molecule has 40 heavy (non-hydrogen) atoms. The number of piperidine rings is 1. The molecule has 4 aromatic rings. The van der Waals surface area contributed by atoms with E-state index in [0.717, 1.165) is 29.9 Å². The molecule has 0 aliphatic carbocycles. The van der Waals surface area contributed by atoms with Gasteiger partial charge in [-0.3, -0.25) is 19.4 Å². The number of benzene rings is 2. The van der Waals surface area contributed by atoms with Gasteiger partial charge < -0.3 is 20.1 Å². The van der Waals surface area contributed by atoms with E-state index in [0.29, 0.717) is 35.9 Å². The molecule has 1 fully saturated rings. The average molecular weight is 532 g/mol. The Morgan fingerprint density at radius 2 is 1.70 bits per heavy atom. The molecule has 8 heteroatoms. The Labute approximate surface area is 232 Å². The molecule has 2 N–H and O–H groups in total. The minimum Gasteiger partial charge on any atom is -0.369 e. The van der Waals surface area contributed by atoms with Crippen LogP contribution in [0.3, 0.4) is 0 Å². The number of anilines is 3. The van der Waals surface area contributed by atoms with Crippen LogP contribution in [0, 0.1) is 5.92 Å². The van der Waals surface area contributed by atoms with Crippen molar-refractivity contribution < 1.29 is 9.59 Å². The van der Waals surface area contributed by atoms with Crippen molar-refractivity contribution in [3.8, 4) is 0 Å². The average Bonchev–Trinajstić information content (AvgIpc) is 2.97. The monoisotopic (exact) mass is 531 g/mol. The number of nitrogens with one attached hydrogen (secondary N) is 2. The topological polar surface area (TPSA) is 96.3 Å². The van der Waals surface area contributed by atoms with Crippen molar-refractivity contribution >= 4 is 35.0 Å². The Bertz CT molecular complexity index is 1630. The van der Waals surface area contributed by atoms with Crippen LogP contribution < -0.4 is 21.1 Å². The van der Waals surface area contributed by atoms with Crippen molar-refractivity contribution in [2.24, 2.45) is 5.92 Å². The maximum atomic E-state index is 13.1. The van der Waals surface area contributed by atoms with E-state index in [1.165, 1.54) is 6.08 Å². The van der Waals surface area contributed by atoms with E-state index in [-0.39, 0.29) is 23.3 Å². The standard InChI is InChI=1S/C32H29N5O3/c38-30(12-9-22-5-2-1-3-6-22)35-27-18-24(32(40)34-26-13-15-33-16-14-26)10-11-29(27)36-19-23-17-25(21-36)28-7-4-8-31(39)37(28)20-23/h1-16,18,23,25H,17,19-21H2,(H,35,38)(H,33,34,40)/b12-9+. The molecular weight excluding hydrogens is 502 g/mol. The van der Waals surface area contributed by atoms with Crippen molar-refractivity contribution in [3.05, 3.63) is 125 Å². The maximum absolute atomic E-state index is 13.1. The van der Waals surface area contributed by atoms with Crippen LogP contribution in [0.25, 0.3) is 6.08 Å². The van der Waals surface area contributed by atoms with Crippen LogP contribution in [0.2, 0.25) is 0 Å². The largest absolute Gasteiger partial charge is 0.369 e. The van der Waals surface area contributed by atoms with E-state index in [4.69, 9.17) is 0 Å². The number of carbonyl (C=O) groups excluding carboxylic acids is 2. The molecule has 2 aliphatic rings. The van der Waals surface area contributed by atoms with Gasteiger partial charge >= 0.3 is 0 Å². The first-order chi connectivity index (χ1) is 19.5. The highest BCUT2D eigenvalue weighted by atomic mass is 16.2. The minimum atomic E-state index is -0.286. The van der Waals surface area contributed by atoms with Gasteiger partial charge in [0.1, 0.15) is 0 Å². The van der Waals surface area contributed by atoms with Crippen LogP contribution in [-0.2, 0) is 11.3 Å². The van der Waals surface area contributed by atoms with Crippen molar-refractivity contribution in [1.29, 1.82) is 0 Å². The number of pyridine rings is 2. The van der Waals surface area contributed by atoms with Crippen LogP contribution in [0.4, 0.5) is 17.1 Å². The third kappa shape index (κ3) is 5.42. The molecule has 8 nitrogen and oxygen atoms in total. The van der Waals surface area contributed by atoms with E-state index in [9.17, 15) is 14.4 Å². The first kappa shape index (κ1) is 25.3. The van der Waals surface area contributed by atoms with Gasteiger partial charge in [-0.05, 0) is 60.4 Å². The van der Waals surface area contributed by atoms with Gasteiger partial charge in [0, 0.05) is 67.0 Å². The summed E-state index contributed by atoms with van der Waals surface area (Å²) in [6.45, 7) is 2.14. The molecule has 200 valence electrons. The summed E-state index contributed by atoms with van der Waals surface area (Å²) in [7, 11) is 0. The zero-order valence-electron chi connectivity index (χ0n) is 21.9. The van der Waals surface area contributed by atoms with Crippen molar-refractivity contribution in [3.63, 3.8) is 0 Å². The van der Waals surface area contributed by atoms with E-state index in [1.807, 2.05) is 53.1 Å². The molecule has 6 rings (SSSR count). The molecule has 2 bridgehead atoms. The summed E-state index contributed by atoms with van der Waals surface area (Å²) in [4.78, 5) is 44.8. The van der Waals surface area contributed by atoms with E-state index in [1.54, 1.807) is 48.8 Å². The van der Waals surface area contributed by atoms with Crippen LogP contribution in [0.5, 0.6) is 0 Å². The van der Waals surface area contributed by atoms with Gasteiger partial charge in [-0.2, -0.15) is 0 Å². The maximum Gasteiger partial charge on any atom is 0.255 e. The minimum absolute atomic E-state index is 0.0448. The number of hydrogen-bond donors (Lipinski definition) is 2. The van der Waals surface area contributed by atoms with Gasteiger partial charge in [-0.1, -0.05) is 36.4 Å². The number of rotatable bonds is 6. The lowest BCUT2D eigenvalue weighted by molar-refractivity contribution is -0.111. The Hall–Kier alpha value is -4.98. The summed E-state index contributed by atoms with van der Waals surface area (Å²) in [5.41, 5.74) is 4.50. The lowest BCUT2D eigenvalue weighted by Crippen LogP contribution is -2.47. The summed E-state index contributed by atoms with van der Waals surface area (Å²) in [5, 5.41) is 5.90. The predicted molar refractivity (Wildman–Crippen MR) is 157 cm³/mol. The molecule has 2 amide bonds.